The van der Waals surface area contributed by atoms with Crippen LogP contribution in [0.25, 0.3) is 44.0 Å². The Morgan fingerprint density at radius 3 is 1.94 bits per heavy atom. The van der Waals surface area contributed by atoms with E-state index in [1.54, 1.807) is 7.11 Å². The average Bonchev–Trinajstić information content (AvgIpc) is 3.24. The standard InChI is InChI=1S/C29H22N2O/c1-32-22-17-15-21(16-18-22)29-30-27-25-13-7-5-11-23(25)24-12-6-8-14-26(24)28(27)31(29)19-20-9-3-2-4-10-20/h2-18H,19H2,1H3. The average molecular weight is 415 g/mol. The molecule has 0 saturated heterocycles. The molecule has 0 fully saturated rings. The zero-order valence-electron chi connectivity index (χ0n) is 17.8. The van der Waals surface area contributed by atoms with E-state index in [9.17, 15) is 0 Å². The first-order chi connectivity index (χ1) is 15.8. The van der Waals surface area contributed by atoms with E-state index in [-0.39, 0.29) is 0 Å². The number of imidazole rings is 1. The van der Waals surface area contributed by atoms with E-state index in [1.807, 2.05) is 12.1 Å². The highest BCUT2D eigenvalue weighted by atomic mass is 16.5. The second kappa shape index (κ2) is 7.54. The van der Waals surface area contributed by atoms with Gasteiger partial charge in [0.2, 0.25) is 0 Å². The van der Waals surface area contributed by atoms with Gasteiger partial charge in [0.15, 0.2) is 0 Å². The third-order valence-electron chi connectivity index (χ3n) is 6.15. The number of rotatable bonds is 4. The number of benzene rings is 5. The van der Waals surface area contributed by atoms with Gasteiger partial charge in [-0.25, -0.2) is 4.98 Å². The van der Waals surface area contributed by atoms with Crippen LogP contribution in [0.2, 0.25) is 0 Å². The van der Waals surface area contributed by atoms with E-state index < -0.39 is 0 Å². The molecule has 0 saturated carbocycles. The van der Waals surface area contributed by atoms with Crippen molar-refractivity contribution in [3.63, 3.8) is 0 Å². The number of ether oxygens (including phenoxy) is 1. The molecule has 5 aromatic carbocycles. The lowest BCUT2D eigenvalue weighted by Gasteiger charge is -2.12. The first-order valence-electron chi connectivity index (χ1n) is 10.8. The van der Waals surface area contributed by atoms with Gasteiger partial charge in [0.25, 0.3) is 0 Å². The van der Waals surface area contributed by atoms with Gasteiger partial charge in [-0.2, -0.15) is 0 Å². The van der Waals surface area contributed by atoms with Gasteiger partial charge in [-0.05, 0) is 40.6 Å². The van der Waals surface area contributed by atoms with Gasteiger partial charge < -0.3 is 9.30 Å². The van der Waals surface area contributed by atoms with Gasteiger partial charge in [-0.3, -0.25) is 0 Å². The Kier molecular flexibility index (Phi) is 4.39. The van der Waals surface area contributed by atoms with Crippen molar-refractivity contribution >= 4 is 32.6 Å². The molecule has 6 rings (SSSR count). The summed E-state index contributed by atoms with van der Waals surface area (Å²) in [7, 11) is 1.69. The van der Waals surface area contributed by atoms with Gasteiger partial charge in [-0.15, -0.1) is 0 Å². The van der Waals surface area contributed by atoms with Crippen molar-refractivity contribution in [1.82, 2.24) is 9.55 Å². The maximum atomic E-state index is 5.38. The van der Waals surface area contributed by atoms with Gasteiger partial charge in [0.05, 0.1) is 18.1 Å². The van der Waals surface area contributed by atoms with Crippen LogP contribution in [-0.2, 0) is 6.54 Å². The Morgan fingerprint density at radius 1 is 0.656 bits per heavy atom. The SMILES string of the molecule is COc1ccc(-c2nc3c4ccccc4c4ccccc4c3n2Cc2ccccc2)cc1. The lowest BCUT2D eigenvalue weighted by Crippen LogP contribution is -2.02. The molecule has 0 aliphatic rings. The molecular weight excluding hydrogens is 392 g/mol. The first-order valence-corrected chi connectivity index (χ1v) is 10.8. The molecule has 0 atom stereocenters. The van der Waals surface area contributed by atoms with Crippen LogP contribution in [0, 0.1) is 0 Å². The Labute approximate surface area is 186 Å². The highest BCUT2D eigenvalue weighted by Crippen LogP contribution is 2.37. The quantitative estimate of drug-likeness (QED) is 0.289. The van der Waals surface area contributed by atoms with E-state index in [4.69, 9.17) is 9.72 Å². The predicted octanol–water partition coefficient (Wildman–Crippen LogP) is 7.07. The minimum Gasteiger partial charge on any atom is -0.497 e. The third kappa shape index (κ3) is 2.94. The van der Waals surface area contributed by atoms with E-state index in [1.165, 1.54) is 32.6 Å². The fraction of sp³-hybridized carbons (Fsp3) is 0.0690. The zero-order valence-corrected chi connectivity index (χ0v) is 17.8. The summed E-state index contributed by atoms with van der Waals surface area (Å²) in [6, 6.07) is 36.0. The van der Waals surface area contributed by atoms with Crippen LogP contribution in [0.15, 0.2) is 103 Å². The molecule has 0 amide bonds. The topological polar surface area (TPSA) is 27.1 Å². The largest absolute Gasteiger partial charge is 0.497 e. The van der Waals surface area contributed by atoms with Gasteiger partial charge in [0.1, 0.15) is 11.6 Å². The van der Waals surface area contributed by atoms with Crippen LogP contribution in [0.3, 0.4) is 0 Å². The number of methoxy groups -OCH3 is 1. The highest BCUT2D eigenvalue weighted by molar-refractivity contribution is 6.23. The molecule has 3 heteroatoms. The van der Waals surface area contributed by atoms with E-state index >= 15 is 0 Å². The third-order valence-corrected chi connectivity index (χ3v) is 6.15. The van der Waals surface area contributed by atoms with Crippen molar-refractivity contribution < 1.29 is 4.74 Å². The number of hydrogen-bond acceptors (Lipinski definition) is 2. The monoisotopic (exact) mass is 414 g/mol. The maximum Gasteiger partial charge on any atom is 0.141 e. The molecule has 0 bridgehead atoms. The summed E-state index contributed by atoms with van der Waals surface area (Å²) in [5, 5.41) is 4.90. The molecule has 0 N–H and O–H groups in total. The molecule has 3 nitrogen and oxygen atoms in total. The zero-order chi connectivity index (χ0) is 21.5. The molecule has 0 aliphatic heterocycles. The minimum absolute atomic E-state index is 0.751. The van der Waals surface area contributed by atoms with Crippen molar-refractivity contribution in [3.05, 3.63) is 109 Å². The van der Waals surface area contributed by atoms with Gasteiger partial charge in [-0.1, -0.05) is 78.9 Å². The molecule has 0 unspecified atom stereocenters. The lowest BCUT2D eigenvalue weighted by molar-refractivity contribution is 0.415. The van der Waals surface area contributed by atoms with Crippen LogP contribution >= 0.6 is 0 Å². The molecule has 0 radical (unpaired) electrons. The van der Waals surface area contributed by atoms with Crippen LogP contribution in [0.5, 0.6) is 5.75 Å². The van der Waals surface area contributed by atoms with Crippen molar-refractivity contribution in [3.8, 4) is 17.1 Å². The Hall–Kier alpha value is -4.11. The normalized spacial score (nSPS) is 11.4. The fourth-order valence-corrected chi connectivity index (χ4v) is 4.64. The summed E-state index contributed by atoms with van der Waals surface area (Å²) in [6.45, 7) is 0.751. The summed E-state index contributed by atoms with van der Waals surface area (Å²) < 4.78 is 7.74. The molecule has 0 spiro atoms. The molecule has 32 heavy (non-hydrogen) atoms. The molecule has 6 aromatic rings. The van der Waals surface area contributed by atoms with Crippen LogP contribution in [0.4, 0.5) is 0 Å². The maximum absolute atomic E-state index is 5.38. The van der Waals surface area contributed by atoms with E-state index in [0.717, 1.165) is 29.2 Å². The number of hydrogen-bond donors (Lipinski definition) is 0. The van der Waals surface area contributed by atoms with Crippen LogP contribution < -0.4 is 4.74 Å². The van der Waals surface area contributed by atoms with Crippen molar-refractivity contribution in [2.45, 2.75) is 6.54 Å². The summed E-state index contributed by atoms with van der Waals surface area (Å²) in [5.74, 6) is 1.81. The molecule has 1 aromatic heterocycles. The summed E-state index contributed by atoms with van der Waals surface area (Å²) >= 11 is 0. The van der Waals surface area contributed by atoms with Crippen LogP contribution in [-0.4, -0.2) is 16.7 Å². The van der Waals surface area contributed by atoms with Crippen molar-refractivity contribution in [1.29, 1.82) is 0 Å². The van der Waals surface area contributed by atoms with Crippen molar-refractivity contribution in [2.75, 3.05) is 7.11 Å². The highest BCUT2D eigenvalue weighted by Gasteiger charge is 2.19. The van der Waals surface area contributed by atoms with Gasteiger partial charge >= 0.3 is 0 Å². The lowest BCUT2D eigenvalue weighted by atomic mass is 10.00. The Balaban J connectivity index is 1.74. The second-order valence-corrected chi connectivity index (χ2v) is 8.02. The fourth-order valence-electron chi connectivity index (χ4n) is 4.64. The number of fused-ring (bicyclic) bond motifs is 6. The first kappa shape index (κ1) is 18.6. The number of aromatic nitrogens is 2. The summed E-state index contributed by atoms with van der Waals surface area (Å²) in [5.41, 5.74) is 4.54. The smallest absolute Gasteiger partial charge is 0.141 e. The summed E-state index contributed by atoms with van der Waals surface area (Å²) in [6.07, 6.45) is 0. The number of nitrogens with zero attached hydrogens (tertiary/aromatic N) is 2. The second-order valence-electron chi connectivity index (χ2n) is 8.02. The Bertz CT molecular complexity index is 1560. The Morgan fingerprint density at radius 2 is 1.25 bits per heavy atom. The molecule has 1 heterocycles. The molecule has 0 aliphatic carbocycles. The van der Waals surface area contributed by atoms with E-state index in [2.05, 4.69) is 95.6 Å². The van der Waals surface area contributed by atoms with Crippen molar-refractivity contribution in [2.24, 2.45) is 0 Å². The minimum atomic E-state index is 0.751. The van der Waals surface area contributed by atoms with E-state index in [0.29, 0.717) is 0 Å². The summed E-state index contributed by atoms with van der Waals surface area (Å²) in [4.78, 5) is 5.24. The van der Waals surface area contributed by atoms with Crippen LogP contribution in [0.1, 0.15) is 5.56 Å². The van der Waals surface area contributed by atoms with Gasteiger partial charge in [0, 0.05) is 22.9 Å². The molecular formula is C29H22N2O. The molecule has 154 valence electrons. The predicted molar refractivity (Wildman–Crippen MR) is 132 cm³/mol.